The fourth-order valence-corrected chi connectivity index (χ4v) is 1.36. The van der Waals surface area contributed by atoms with Crippen molar-refractivity contribution in [2.75, 3.05) is 6.54 Å². The highest BCUT2D eigenvalue weighted by atomic mass is 16.2. The number of aromatic amines is 1. The summed E-state index contributed by atoms with van der Waals surface area (Å²) in [4.78, 5) is 29.0. The van der Waals surface area contributed by atoms with Crippen LogP contribution in [-0.4, -0.2) is 34.4 Å². The lowest BCUT2D eigenvalue weighted by Gasteiger charge is -2.22. The molecule has 6 nitrogen and oxygen atoms in total. The molecule has 0 aliphatic carbocycles. The molecule has 3 N–H and O–H groups in total. The first kappa shape index (κ1) is 8.74. The largest absolute Gasteiger partial charge is 0.348 e. The van der Waals surface area contributed by atoms with Gasteiger partial charge in [0.1, 0.15) is 6.04 Å². The van der Waals surface area contributed by atoms with Gasteiger partial charge in [-0.1, -0.05) is 0 Å². The molecule has 1 aromatic rings. The molecule has 1 saturated heterocycles. The molecule has 0 radical (unpaired) electrons. The van der Waals surface area contributed by atoms with Crippen LogP contribution in [0.15, 0.2) is 12.5 Å². The summed E-state index contributed by atoms with van der Waals surface area (Å²) in [6.45, 7) is 0.0678. The zero-order valence-electron chi connectivity index (χ0n) is 7.41. The lowest BCUT2D eigenvalue weighted by molar-refractivity contribution is -0.133. The highest BCUT2D eigenvalue weighted by molar-refractivity contribution is 5.94. The van der Waals surface area contributed by atoms with E-state index in [9.17, 15) is 9.59 Å². The second-order valence-electron chi connectivity index (χ2n) is 3.12. The molecule has 2 heterocycles. The van der Waals surface area contributed by atoms with Crippen molar-refractivity contribution >= 4 is 11.8 Å². The predicted octanol–water partition coefficient (Wildman–Crippen LogP) is -1.43. The Hall–Kier alpha value is -1.85. The molecule has 14 heavy (non-hydrogen) atoms. The van der Waals surface area contributed by atoms with E-state index in [1.165, 1.54) is 6.33 Å². The zero-order chi connectivity index (χ0) is 9.97. The number of amides is 2. The molecule has 1 aliphatic heterocycles. The molecule has 1 atom stereocenters. The fourth-order valence-electron chi connectivity index (χ4n) is 1.36. The van der Waals surface area contributed by atoms with Crippen LogP contribution in [0, 0.1) is 0 Å². The number of imidazole rings is 1. The van der Waals surface area contributed by atoms with Gasteiger partial charge in [-0.3, -0.25) is 9.59 Å². The normalized spacial score (nSPS) is 21.6. The first-order valence-corrected chi connectivity index (χ1v) is 4.30. The van der Waals surface area contributed by atoms with E-state index in [2.05, 4.69) is 20.6 Å². The Labute approximate surface area is 80.1 Å². The molecule has 2 rings (SSSR count). The van der Waals surface area contributed by atoms with Gasteiger partial charge in [0.15, 0.2) is 0 Å². The number of carbonyl (C=O) groups excluding carboxylic acids is 2. The Bertz CT molecular complexity index is 346. The molecule has 1 fully saturated rings. The van der Waals surface area contributed by atoms with E-state index in [0.717, 1.165) is 5.69 Å². The van der Waals surface area contributed by atoms with E-state index in [0.29, 0.717) is 6.42 Å². The quantitative estimate of drug-likeness (QED) is 0.539. The summed E-state index contributed by atoms with van der Waals surface area (Å²) in [5.41, 5.74) is 0.826. The Morgan fingerprint density at radius 2 is 2.36 bits per heavy atom. The van der Waals surface area contributed by atoms with Crippen molar-refractivity contribution < 1.29 is 9.59 Å². The molecule has 6 heteroatoms. The van der Waals surface area contributed by atoms with Crippen LogP contribution >= 0.6 is 0 Å². The maximum absolute atomic E-state index is 11.3. The van der Waals surface area contributed by atoms with Gasteiger partial charge >= 0.3 is 0 Å². The van der Waals surface area contributed by atoms with Gasteiger partial charge in [-0.15, -0.1) is 0 Å². The van der Waals surface area contributed by atoms with Crippen molar-refractivity contribution in [2.45, 2.75) is 12.5 Å². The summed E-state index contributed by atoms with van der Waals surface area (Å²) >= 11 is 0. The lowest BCUT2D eigenvalue weighted by Crippen LogP contribution is -2.56. The van der Waals surface area contributed by atoms with Crippen molar-refractivity contribution in [3.8, 4) is 0 Å². The van der Waals surface area contributed by atoms with Crippen molar-refractivity contribution in [2.24, 2.45) is 0 Å². The van der Waals surface area contributed by atoms with Crippen LogP contribution in [0.25, 0.3) is 0 Å². The van der Waals surface area contributed by atoms with Gasteiger partial charge in [-0.25, -0.2) is 4.98 Å². The van der Waals surface area contributed by atoms with Gasteiger partial charge < -0.3 is 15.6 Å². The summed E-state index contributed by atoms with van der Waals surface area (Å²) < 4.78 is 0. The smallest absolute Gasteiger partial charge is 0.243 e. The number of nitrogens with zero attached hydrogens (tertiary/aromatic N) is 1. The average Bonchev–Trinajstić information content (AvgIpc) is 2.64. The average molecular weight is 194 g/mol. The number of hydrogen-bond donors (Lipinski definition) is 3. The summed E-state index contributed by atoms with van der Waals surface area (Å²) in [5, 5.41) is 5.11. The summed E-state index contributed by atoms with van der Waals surface area (Å²) in [7, 11) is 0. The van der Waals surface area contributed by atoms with Gasteiger partial charge in [0.2, 0.25) is 11.8 Å². The van der Waals surface area contributed by atoms with Crippen LogP contribution in [0.2, 0.25) is 0 Å². The van der Waals surface area contributed by atoms with Crippen molar-refractivity contribution in [1.82, 2.24) is 20.6 Å². The van der Waals surface area contributed by atoms with Gasteiger partial charge in [0, 0.05) is 18.3 Å². The van der Waals surface area contributed by atoms with Gasteiger partial charge in [-0.05, 0) is 0 Å². The van der Waals surface area contributed by atoms with Crippen LogP contribution in [0.4, 0.5) is 0 Å². The minimum absolute atomic E-state index is 0.0678. The molecule has 0 saturated carbocycles. The second kappa shape index (κ2) is 3.49. The highest BCUT2D eigenvalue weighted by Crippen LogP contribution is 2.00. The van der Waals surface area contributed by atoms with E-state index < -0.39 is 6.04 Å². The fraction of sp³-hybridized carbons (Fsp3) is 0.375. The summed E-state index contributed by atoms with van der Waals surface area (Å²) in [6, 6.07) is -0.489. The van der Waals surface area contributed by atoms with Crippen LogP contribution in [-0.2, 0) is 16.0 Å². The van der Waals surface area contributed by atoms with Crippen LogP contribution in [0.1, 0.15) is 5.69 Å². The van der Waals surface area contributed by atoms with Gasteiger partial charge in [0.05, 0.1) is 12.9 Å². The molecule has 0 bridgehead atoms. The minimum Gasteiger partial charge on any atom is -0.348 e. The molecule has 1 aliphatic rings. The first-order chi connectivity index (χ1) is 6.75. The molecule has 0 spiro atoms. The van der Waals surface area contributed by atoms with Crippen LogP contribution in [0.3, 0.4) is 0 Å². The van der Waals surface area contributed by atoms with Gasteiger partial charge in [-0.2, -0.15) is 0 Å². The predicted molar refractivity (Wildman–Crippen MR) is 47.2 cm³/mol. The van der Waals surface area contributed by atoms with Crippen LogP contribution < -0.4 is 10.6 Å². The first-order valence-electron chi connectivity index (χ1n) is 4.30. The Balaban J connectivity index is 2.02. The second-order valence-corrected chi connectivity index (χ2v) is 3.12. The highest BCUT2D eigenvalue weighted by Gasteiger charge is 2.26. The molecule has 1 aromatic heterocycles. The number of hydrogen-bond acceptors (Lipinski definition) is 3. The number of carbonyl (C=O) groups is 2. The molecule has 0 aromatic carbocycles. The molecular weight excluding hydrogens is 184 g/mol. The monoisotopic (exact) mass is 194 g/mol. The Kier molecular flexibility index (Phi) is 2.18. The third kappa shape index (κ3) is 1.73. The van der Waals surface area contributed by atoms with Crippen molar-refractivity contribution in [1.29, 1.82) is 0 Å². The lowest BCUT2D eigenvalue weighted by atomic mass is 10.1. The standard InChI is InChI=1S/C8H10N4O2/c13-7-3-10-8(14)6(12-7)1-5-2-9-4-11-5/h2,4,6H,1,3H2,(H,9,11)(H,10,14)(H,12,13). The SMILES string of the molecule is O=C1CNC(=O)C(Cc2cnc[nH]2)N1. The van der Waals surface area contributed by atoms with E-state index in [1.54, 1.807) is 6.20 Å². The van der Waals surface area contributed by atoms with E-state index in [4.69, 9.17) is 0 Å². The molecular formula is C8H10N4O2. The number of aromatic nitrogens is 2. The topological polar surface area (TPSA) is 86.9 Å². The summed E-state index contributed by atoms with van der Waals surface area (Å²) in [5.74, 6) is -0.312. The number of rotatable bonds is 2. The van der Waals surface area contributed by atoms with Gasteiger partial charge in [0.25, 0.3) is 0 Å². The minimum atomic E-state index is -0.489. The maximum Gasteiger partial charge on any atom is 0.243 e. The third-order valence-electron chi connectivity index (χ3n) is 2.05. The van der Waals surface area contributed by atoms with Crippen LogP contribution in [0.5, 0.6) is 0 Å². The number of piperazine rings is 1. The Morgan fingerprint density at radius 1 is 1.50 bits per heavy atom. The van der Waals surface area contributed by atoms with E-state index in [-0.39, 0.29) is 18.4 Å². The van der Waals surface area contributed by atoms with E-state index in [1.807, 2.05) is 0 Å². The molecule has 74 valence electrons. The zero-order valence-corrected chi connectivity index (χ0v) is 7.41. The molecule has 1 unspecified atom stereocenters. The number of H-pyrrole nitrogens is 1. The summed E-state index contributed by atoms with van der Waals surface area (Å²) in [6.07, 6.45) is 3.61. The van der Waals surface area contributed by atoms with Crippen molar-refractivity contribution in [3.63, 3.8) is 0 Å². The van der Waals surface area contributed by atoms with E-state index >= 15 is 0 Å². The third-order valence-corrected chi connectivity index (χ3v) is 2.05. The Morgan fingerprint density at radius 3 is 3.07 bits per heavy atom. The number of nitrogens with one attached hydrogen (secondary N) is 3. The maximum atomic E-state index is 11.3. The molecule has 2 amide bonds. The van der Waals surface area contributed by atoms with Crippen molar-refractivity contribution in [3.05, 3.63) is 18.2 Å².